The van der Waals surface area contributed by atoms with Crippen LogP contribution in [-0.4, -0.2) is 74.5 Å². The lowest BCUT2D eigenvalue weighted by atomic mass is 10.3. The van der Waals surface area contributed by atoms with Gasteiger partial charge in [-0.05, 0) is 14.0 Å². The molecular weight excluding hydrogens is 232 g/mol. The van der Waals surface area contributed by atoms with Crippen molar-refractivity contribution in [2.75, 3.05) is 52.9 Å². The maximum absolute atomic E-state index is 11.8. The van der Waals surface area contributed by atoms with Gasteiger partial charge in [0.15, 0.2) is 0 Å². The molecule has 0 unspecified atom stereocenters. The van der Waals surface area contributed by atoms with Gasteiger partial charge in [0.1, 0.15) is 0 Å². The number of nitrogens with zero attached hydrogens (tertiary/aromatic N) is 2. The third-order valence-electron chi connectivity index (χ3n) is 3.03. The normalized spacial score (nSPS) is 16.7. The lowest BCUT2D eigenvalue weighted by Gasteiger charge is -2.32. The van der Waals surface area contributed by atoms with Gasteiger partial charge < -0.3 is 20.4 Å². The predicted octanol–water partition coefficient (Wildman–Crippen LogP) is -1.12. The van der Waals surface area contributed by atoms with E-state index in [0.717, 1.165) is 26.2 Å². The lowest BCUT2D eigenvalue weighted by molar-refractivity contribution is -0.132. The maximum Gasteiger partial charge on any atom is 0.236 e. The lowest BCUT2D eigenvalue weighted by Crippen LogP contribution is -2.49. The first-order valence-electron chi connectivity index (χ1n) is 6.57. The van der Waals surface area contributed by atoms with E-state index < -0.39 is 0 Å². The van der Waals surface area contributed by atoms with Gasteiger partial charge in [0.25, 0.3) is 0 Å². The van der Waals surface area contributed by atoms with E-state index in [1.165, 1.54) is 0 Å². The van der Waals surface area contributed by atoms with E-state index >= 15 is 0 Å². The second-order valence-corrected chi connectivity index (χ2v) is 4.56. The van der Waals surface area contributed by atoms with Crippen molar-refractivity contribution in [3.8, 4) is 0 Å². The van der Waals surface area contributed by atoms with Gasteiger partial charge in [-0.25, -0.2) is 0 Å². The summed E-state index contributed by atoms with van der Waals surface area (Å²) in [6, 6.07) is 0. The molecule has 2 amide bonds. The first kappa shape index (κ1) is 14.9. The molecule has 0 aliphatic carbocycles. The Kier molecular flexibility index (Phi) is 6.67. The summed E-state index contributed by atoms with van der Waals surface area (Å²) in [5, 5.41) is 5.74. The monoisotopic (exact) mass is 256 g/mol. The van der Waals surface area contributed by atoms with Crippen molar-refractivity contribution >= 4 is 11.8 Å². The highest BCUT2D eigenvalue weighted by atomic mass is 16.2. The smallest absolute Gasteiger partial charge is 0.236 e. The Bertz CT molecular complexity index is 275. The number of hydrogen-bond acceptors (Lipinski definition) is 4. The average molecular weight is 256 g/mol. The fraction of sp³-hybridized carbons (Fsp3) is 0.833. The first-order valence-corrected chi connectivity index (χ1v) is 6.57. The molecule has 0 aromatic carbocycles. The Hall–Kier alpha value is -1.14. The molecule has 6 heteroatoms. The van der Waals surface area contributed by atoms with Crippen molar-refractivity contribution in [3.05, 3.63) is 0 Å². The number of nitrogens with one attached hydrogen (secondary N) is 2. The van der Waals surface area contributed by atoms with Crippen molar-refractivity contribution in [2.45, 2.75) is 13.3 Å². The molecule has 1 fully saturated rings. The number of carbonyl (C=O) groups is 2. The summed E-state index contributed by atoms with van der Waals surface area (Å²) < 4.78 is 0. The summed E-state index contributed by atoms with van der Waals surface area (Å²) >= 11 is 0. The number of likely N-dealkylation sites (N-methyl/N-ethyl adjacent to an activating group) is 1. The van der Waals surface area contributed by atoms with Crippen LogP contribution in [0.5, 0.6) is 0 Å². The Morgan fingerprint density at radius 1 is 1.17 bits per heavy atom. The molecule has 1 aliphatic rings. The number of carbonyl (C=O) groups excluding carboxylic acids is 2. The van der Waals surface area contributed by atoms with Crippen LogP contribution in [0, 0.1) is 0 Å². The van der Waals surface area contributed by atoms with Crippen molar-refractivity contribution < 1.29 is 9.59 Å². The number of piperazine rings is 1. The number of rotatable bonds is 6. The van der Waals surface area contributed by atoms with Crippen molar-refractivity contribution in [2.24, 2.45) is 0 Å². The summed E-state index contributed by atoms with van der Waals surface area (Å²) in [6.45, 7) is 6.88. The molecule has 0 aromatic heterocycles. The molecule has 0 saturated carbocycles. The molecule has 0 spiro atoms. The molecule has 2 N–H and O–H groups in total. The molecule has 18 heavy (non-hydrogen) atoms. The van der Waals surface area contributed by atoms with E-state index in [1.807, 2.05) is 11.8 Å². The quantitative estimate of drug-likeness (QED) is 0.591. The molecular formula is C12H24N4O2. The van der Waals surface area contributed by atoms with Gasteiger partial charge in [-0.3, -0.25) is 9.59 Å². The van der Waals surface area contributed by atoms with Gasteiger partial charge in [-0.2, -0.15) is 0 Å². The Labute approximate surface area is 109 Å². The number of hydrogen-bond donors (Lipinski definition) is 2. The van der Waals surface area contributed by atoms with E-state index in [4.69, 9.17) is 0 Å². The van der Waals surface area contributed by atoms with Crippen LogP contribution in [0.15, 0.2) is 0 Å². The molecule has 0 bridgehead atoms. The van der Waals surface area contributed by atoms with E-state index in [9.17, 15) is 9.59 Å². The zero-order chi connectivity index (χ0) is 13.4. The minimum absolute atomic E-state index is 0.0250. The Balaban J connectivity index is 2.08. The zero-order valence-corrected chi connectivity index (χ0v) is 11.4. The second kappa shape index (κ2) is 8.05. The molecule has 0 radical (unpaired) electrons. The highest BCUT2D eigenvalue weighted by molar-refractivity contribution is 5.78. The maximum atomic E-state index is 11.8. The highest BCUT2D eigenvalue weighted by Crippen LogP contribution is 1.98. The van der Waals surface area contributed by atoms with Gasteiger partial charge in [-0.15, -0.1) is 0 Å². The summed E-state index contributed by atoms with van der Waals surface area (Å²) in [5.74, 6) is 0.149. The molecule has 104 valence electrons. The summed E-state index contributed by atoms with van der Waals surface area (Å²) in [6.07, 6.45) is 0.420. The highest BCUT2D eigenvalue weighted by Gasteiger charge is 2.18. The third-order valence-corrected chi connectivity index (χ3v) is 3.03. The minimum Gasteiger partial charge on any atom is -0.356 e. The molecule has 1 heterocycles. The fourth-order valence-electron chi connectivity index (χ4n) is 1.85. The van der Waals surface area contributed by atoms with Gasteiger partial charge in [0.2, 0.25) is 11.8 Å². The molecule has 6 nitrogen and oxygen atoms in total. The Morgan fingerprint density at radius 2 is 1.83 bits per heavy atom. The van der Waals surface area contributed by atoms with Gasteiger partial charge in [0.05, 0.1) is 6.54 Å². The largest absolute Gasteiger partial charge is 0.356 e. The summed E-state index contributed by atoms with van der Waals surface area (Å²) in [7, 11) is 2.06. The van der Waals surface area contributed by atoms with Crippen LogP contribution >= 0.6 is 0 Å². The van der Waals surface area contributed by atoms with Gasteiger partial charge in [-0.1, -0.05) is 0 Å². The third kappa shape index (κ3) is 5.46. The molecule has 1 aliphatic heterocycles. The van der Waals surface area contributed by atoms with Crippen LogP contribution in [-0.2, 0) is 9.59 Å². The predicted molar refractivity (Wildman–Crippen MR) is 70.2 cm³/mol. The molecule has 0 aromatic rings. The fourth-order valence-corrected chi connectivity index (χ4v) is 1.85. The topological polar surface area (TPSA) is 64.7 Å². The van der Waals surface area contributed by atoms with Crippen LogP contribution in [0.4, 0.5) is 0 Å². The van der Waals surface area contributed by atoms with Crippen LogP contribution in [0.3, 0.4) is 0 Å². The van der Waals surface area contributed by atoms with Gasteiger partial charge in [0, 0.05) is 45.7 Å². The minimum atomic E-state index is 0.0250. The second-order valence-electron chi connectivity index (χ2n) is 4.56. The van der Waals surface area contributed by atoms with E-state index in [2.05, 4.69) is 22.6 Å². The van der Waals surface area contributed by atoms with Crippen molar-refractivity contribution in [1.82, 2.24) is 20.4 Å². The standard InChI is InChI=1S/C12H24N4O2/c1-3-14-11(17)4-5-13-10-12(18)16-8-6-15(2)7-9-16/h13H,3-10H2,1-2H3,(H,14,17). The van der Waals surface area contributed by atoms with Crippen molar-refractivity contribution in [1.29, 1.82) is 0 Å². The zero-order valence-electron chi connectivity index (χ0n) is 11.4. The first-order chi connectivity index (χ1) is 8.63. The average Bonchev–Trinajstić information content (AvgIpc) is 2.35. The number of amides is 2. The molecule has 1 rings (SSSR count). The molecule has 0 atom stereocenters. The van der Waals surface area contributed by atoms with Crippen molar-refractivity contribution in [3.63, 3.8) is 0 Å². The van der Waals surface area contributed by atoms with Gasteiger partial charge >= 0.3 is 0 Å². The van der Waals surface area contributed by atoms with Crippen LogP contribution < -0.4 is 10.6 Å². The van der Waals surface area contributed by atoms with E-state index in [-0.39, 0.29) is 11.8 Å². The van der Waals surface area contributed by atoms with Crippen LogP contribution in [0.2, 0.25) is 0 Å². The molecule has 1 saturated heterocycles. The Morgan fingerprint density at radius 3 is 2.44 bits per heavy atom. The van der Waals surface area contributed by atoms with E-state index in [0.29, 0.717) is 26.1 Å². The SMILES string of the molecule is CCNC(=O)CCNCC(=O)N1CCN(C)CC1. The van der Waals surface area contributed by atoms with Crippen LogP contribution in [0.25, 0.3) is 0 Å². The summed E-state index contributed by atoms with van der Waals surface area (Å²) in [4.78, 5) is 27.1. The van der Waals surface area contributed by atoms with Crippen LogP contribution in [0.1, 0.15) is 13.3 Å². The summed E-state index contributed by atoms with van der Waals surface area (Å²) in [5.41, 5.74) is 0. The van der Waals surface area contributed by atoms with E-state index in [1.54, 1.807) is 0 Å².